The lowest BCUT2D eigenvalue weighted by Gasteiger charge is -2.01. The summed E-state index contributed by atoms with van der Waals surface area (Å²) in [6, 6.07) is 2.67. The largest absolute Gasteiger partial charge is 0.504 e. The van der Waals surface area contributed by atoms with Crippen LogP contribution in [0.4, 0.5) is 5.82 Å². The van der Waals surface area contributed by atoms with E-state index >= 15 is 0 Å². The van der Waals surface area contributed by atoms with Crippen molar-refractivity contribution in [3.05, 3.63) is 18.5 Å². The smallest absolute Gasteiger partial charge is 0.159 e. The van der Waals surface area contributed by atoms with Crippen LogP contribution in [0, 0.1) is 0 Å². The van der Waals surface area contributed by atoms with Crippen LogP contribution in [0.1, 0.15) is 0 Å². The highest BCUT2D eigenvalue weighted by Gasteiger charge is 2.05. The Balaban J connectivity index is 2.89. The number of nitrogens with two attached hydrogens (primary N) is 1. The van der Waals surface area contributed by atoms with Crippen molar-refractivity contribution in [3.8, 4) is 11.5 Å². The summed E-state index contributed by atoms with van der Waals surface area (Å²) >= 11 is 0. The van der Waals surface area contributed by atoms with E-state index in [0.717, 1.165) is 0 Å². The van der Waals surface area contributed by atoms with Gasteiger partial charge in [-0.25, -0.2) is 9.97 Å². The van der Waals surface area contributed by atoms with Crippen LogP contribution in [0.15, 0.2) is 18.5 Å². The third kappa shape index (κ3) is 1.10. The van der Waals surface area contributed by atoms with E-state index in [9.17, 15) is 5.11 Å². The number of nitrogens with zero attached hydrogens (tertiary/aromatic N) is 2. The predicted molar refractivity (Wildman–Crippen MR) is 47.3 cm³/mol. The lowest BCUT2D eigenvalue weighted by molar-refractivity contribution is 0.405. The summed E-state index contributed by atoms with van der Waals surface area (Å²) in [4.78, 5) is 7.63. The van der Waals surface area contributed by atoms with Crippen LogP contribution < -0.4 is 5.73 Å². The zero-order valence-corrected chi connectivity index (χ0v) is 6.60. The average Bonchev–Trinajstić information content (AvgIpc) is 2.09. The van der Waals surface area contributed by atoms with Gasteiger partial charge in [0.25, 0.3) is 0 Å². The van der Waals surface area contributed by atoms with E-state index in [1.807, 2.05) is 0 Å². The molecule has 0 aliphatic rings. The van der Waals surface area contributed by atoms with Gasteiger partial charge in [-0.15, -0.1) is 0 Å². The van der Waals surface area contributed by atoms with Gasteiger partial charge in [0.05, 0.1) is 5.52 Å². The van der Waals surface area contributed by atoms with Crippen molar-refractivity contribution >= 4 is 16.7 Å². The monoisotopic (exact) mass is 177 g/mol. The van der Waals surface area contributed by atoms with Crippen molar-refractivity contribution in [2.45, 2.75) is 0 Å². The molecule has 2 rings (SSSR count). The third-order valence-electron chi connectivity index (χ3n) is 1.76. The molecule has 0 atom stereocenters. The summed E-state index contributed by atoms with van der Waals surface area (Å²) in [5, 5.41) is 18.9. The number of aromatic hydroxyl groups is 2. The Kier molecular flexibility index (Phi) is 1.45. The molecule has 2 aromatic rings. The molecule has 1 aromatic carbocycles. The Bertz CT molecular complexity index is 470. The Labute approximate surface area is 73.5 Å². The van der Waals surface area contributed by atoms with Crippen LogP contribution in [-0.2, 0) is 0 Å². The van der Waals surface area contributed by atoms with Crippen molar-refractivity contribution in [1.82, 2.24) is 9.97 Å². The summed E-state index contributed by atoms with van der Waals surface area (Å²) in [5.74, 6) is -0.167. The lowest BCUT2D eigenvalue weighted by atomic mass is 10.2. The van der Waals surface area contributed by atoms with E-state index in [-0.39, 0.29) is 17.3 Å². The zero-order chi connectivity index (χ0) is 9.42. The van der Waals surface area contributed by atoms with E-state index in [1.54, 1.807) is 0 Å². The van der Waals surface area contributed by atoms with Gasteiger partial charge in [-0.2, -0.15) is 0 Å². The first-order valence-corrected chi connectivity index (χ1v) is 3.60. The SMILES string of the molecule is Nc1ncnc2cc(O)c(O)cc12. The second kappa shape index (κ2) is 2.48. The van der Waals surface area contributed by atoms with Gasteiger partial charge in [0.2, 0.25) is 0 Å². The summed E-state index contributed by atoms with van der Waals surface area (Å²) in [6.45, 7) is 0. The number of benzene rings is 1. The molecule has 0 fully saturated rings. The summed E-state index contributed by atoms with van der Waals surface area (Å²) < 4.78 is 0. The minimum absolute atomic E-state index is 0.217. The molecule has 0 radical (unpaired) electrons. The first-order chi connectivity index (χ1) is 6.18. The van der Waals surface area contributed by atoms with Gasteiger partial charge < -0.3 is 15.9 Å². The maximum Gasteiger partial charge on any atom is 0.159 e. The van der Waals surface area contributed by atoms with Crippen LogP contribution >= 0.6 is 0 Å². The fraction of sp³-hybridized carbons (Fsp3) is 0. The van der Waals surface area contributed by atoms with E-state index in [1.165, 1.54) is 18.5 Å². The van der Waals surface area contributed by atoms with E-state index in [4.69, 9.17) is 10.8 Å². The molecule has 0 bridgehead atoms. The second-order valence-corrected chi connectivity index (χ2v) is 2.62. The number of aromatic nitrogens is 2. The minimum Gasteiger partial charge on any atom is -0.504 e. The fourth-order valence-electron chi connectivity index (χ4n) is 1.10. The van der Waals surface area contributed by atoms with Crippen LogP contribution in [0.5, 0.6) is 11.5 Å². The Morgan fingerprint density at radius 1 is 1.08 bits per heavy atom. The molecular weight excluding hydrogens is 170 g/mol. The molecule has 0 amide bonds. The number of rotatable bonds is 0. The number of phenols is 2. The van der Waals surface area contributed by atoms with Gasteiger partial charge in [-0.3, -0.25) is 0 Å². The first kappa shape index (κ1) is 7.60. The molecule has 1 aromatic heterocycles. The van der Waals surface area contributed by atoms with Gasteiger partial charge in [-0.1, -0.05) is 0 Å². The minimum atomic E-state index is -0.228. The number of anilines is 1. The molecule has 0 saturated carbocycles. The predicted octanol–water partition coefficient (Wildman–Crippen LogP) is 0.623. The lowest BCUT2D eigenvalue weighted by Crippen LogP contribution is -1.92. The molecule has 0 aliphatic carbocycles. The maximum absolute atomic E-state index is 9.18. The number of hydrogen-bond donors (Lipinski definition) is 3. The van der Waals surface area contributed by atoms with Gasteiger partial charge in [-0.05, 0) is 6.07 Å². The molecule has 0 spiro atoms. The van der Waals surface area contributed by atoms with Crippen molar-refractivity contribution in [2.24, 2.45) is 0 Å². The normalized spacial score (nSPS) is 10.5. The van der Waals surface area contributed by atoms with Crippen LogP contribution in [0.25, 0.3) is 10.9 Å². The van der Waals surface area contributed by atoms with Gasteiger partial charge in [0, 0.05) is 11.5 Å². The van der Waals surface area contributed by atoms with Gasteiger partial charge >= 0.3 is 0 Å². The number of fused-ring (bicyclic) bond motifs is 1. The van der Waals surface area contributed by atoms with E-state index < -0.39 is 0 Å². The third-order valence-corrected chi connectivity index (χ3v) is 1.76. The van der Waals surface area contributed by atoms with Crippen molar-refractivity contribution in [1.29, 1.82) is 0 Å². The van der Waals surface area contributed by atoms with E-state index in [0.29, 0.717) is 10.9 Å². The molecule has 5 nitrogen and oxygen atoms in total. The summed E-state index contributed by atoms with van der Waals surface area (Å²) in [6.07, 6.45) is 1.30. The highest BCUT2D eigenvalue weighted by atomic mass is 16.3. The zero-order valence-electron chi connectivity index (χ0n) is 6.60. The quantitative estimate of drug-likeness (QED) is 0.513. The average molecular weight is 177 g/mol. The second-order valence-electron chi connectivity index (χ2n) is 2.62. The summed E-state index contributed by atoms with van der Waals surface area (Å²) in [5.41, 5.74) is 6.03. The Morgan fingerprint density at radius 3 is 2.54 bits per heavy atom. The number of phenolic OH excluding ortho intramolecular Hbond substituents is 2. The molecule has 0 unspecified atom stereocenters. The highest BCUT2D eigenvalue weighted by molar-refractivity contribution is 5.90. The molecule has 5 heteroatoms. The van der Waals surface area contributed by atoms with Crippen LogP contribution in [0.3, 0.4) is 0 Å². The van der Waals surface area contributed by atoms with Gasteiger partial charge in [0.1, 0.15) is 12.1 Å². The number of nitrogen functional groups attached to an aromatic ring is 1. The maximum atomic E-state index is 9.18. The van der Waals surface area contributed by atoms with Crippen molar-refractivity contribution in [3.63, 3.8) is 0 Å². The Morgan fingerprint density at radius 2 is 1.77 bits per heavy atom. The first-order valence-electron chi connectivity index (χ1n) is 3.60. The molecule has 13 heavy (non-hydrogen) atoms. The number of hydrogen-bond acceptors (Lipinski definition) is 5. The standard InChI is InChI=1S/C8H7N3O2/c9-8-4-1-6(12)7(13)2-5(4)10-3-11-8/h1-3,12-13H,(H2,9,10,11). The van der Waals surface area contributed by atoms with E-state index in [2.05, 4.69) is 9.97 Å². The fourth-order valence-corrected chi connectivity index (χ4v) is 1.10. The van der Waals surface area contributed by atoms with Crippen molar-refractivity contribution in [2.75, 3.05) is 5.73 Å². The molecule has 0 aliphatic heterocycles. The highest BCUT2D eigenvalue weighted by Crippen LogP contribution is 2.30. The van der Waals surface area contributed by atoms with Crippen LogP contribution in [0.2, 0.25) is 0 Å². The van der Waals surface area contributed by atoms with Crippen LogP contribution in [-0.4, -0.2) is 20.2 Å². The topological polar surface area (TPSA) is 92.3 Å². The molecule has 66 valence electrons. The van der Waals surface area contributed by atoms with Gasteiger partial charge in [0.15, 0.2) is 11.5 Å². The summed E-state index contributed by atoms with van der Waals surface area (Å²) in [7, 11) is 0. The molecular formula is C8H7N3O2. The van der Waals surface area contributed by atoms with Crippen molar-refractivity contribution < 1.29 is 10.2 Å². The molecule has 4 N–H and O–H groups in total. The Hall–Kier alpha value is -2.04. The molecule has 1 heterocycles. The molecule has 0 saturated heterocycles.